The largest absolute Gasteiger partial charge is 0.463 e. The van der Waals surface area contributed by atoms with E-state index in [0.717, 1.165) is 48.5 Å². The molecule has 1 heterocycles. The summed E-state index contributed by atoms with van der Waals surface area (Å²) in [4.78, 5) is 83.0. The number of amides is 3. The second kappa shape index (κ2) is 13.9. The topological polar surface area (TPSA) is 205 Å². The molecule has 0 aromatic rings. The number of carbonyl (C=O) groups is 7. The van der Waals surface area contributed by atoms with Crippen LogP contribution < -0.4 is 10.6 Å². The van der Waals surface area contributed by atoms with Gasteiger partial charge in [0.25, 0.3) is 0 Å². The van der Waals surface area contributed by atoms with E-state index in [2.05, 4.69) is 15.7 Å². The van der Waals surface area contributed by atoms with Gasteiger partial charge in [0.05, 0.1) is 0 Å². The Hall–Kier alpha value is -4.08. The van der Waals surface area contributed by atoms with Gasteiger partial charge in [-0.05, 0) is 0 Å². The van der Waals surface area contributed by atoms with E-state index in [9.17, 15) is 33.6 Å². The zero-order valence-electron chi connectivity index (χ0n) is 21.4. The Bertz CT molecular complexity index is 947. The van der Waals surface area contributed by atoms with Crippen molar-refractivity contribution in [3.63, 3.8) is 0 Å². The Balaban J connectivity index is 3.74. The van der Waals surface area contributed by atoms with Gasteiger partial charge in [0.2, 0.25) is 23.7 Å². The van der Waals surface area contributed by atoms with Crippen molar-refractivity contribution in [3.05, 3.63) is 0 Å². The smallest absolute Gasteiger partial charge is 0.303 e. The number of rotatable bonds is 7. The highest BCUT2D eigenvalue weighted by Crippen LogP contribution is 2.31. The van der Waals surface area contributed by atoms with E-state index in [4.69, 9.17) is 23.7 Å². The molecule has 16 nitrogen and oxygen atoms in total. The lowest BCUT2D eigenvalue weighted by atomic mass is 9.97. The maximum absolute atomic E-state index is 12.6. The first kappa shape index (κ1) is 31.0. The van der Waals surface area contributed by atoms with Crippen LogP contribution in [0, 0.1) is 0 Å². The molecule has 2 N–H and O–H groups in total. The molecule has 3 amide bonds. The van der Waals surface area contributed by atoms with Crippen LogP contribution in [-0.2, 0) is 57.2 Å². The number of hydrogen-bond donors (Lipinski definition) is 2. The van der Waals surface area contributed by atoms with Gasteiger partial charge in [-0.15, -0.1) is 5.10 Å². The van der Waals surface area contributed by atoms with Gasteiger partial charge in [-0.25, -0.2) is 0 Å². The normalized spacial score (nSPS) is 22.4. The van der Waals surface area contributed by atoms with E-state index in [1.54, 1.807) is 0 Å². The minimum Gasteiger partial charge on any atom is -0.463 e. The summed E-state index contributed by atoms with van der Waals surface area (Å²) in [6.45, 7) is 6.95. The van der Waals surface area contributed by atoms with Crippen molar-refractivity contribution in [3.8, 4) is 0 Å². The molecule has 1 aliphatic rings. The third kappa shape index (κ3) is 10.2. The fourth-order valence-corrected chi connectivity index (χ4v) is 3.23. The predicted octanol–water partition coefficient (Wildman–Crippen LogP) is -1.54. The summed E-state index contributed by atoms with van der Waals surface area (Å²) in [5.41, 5.74) is 0. The van der Waals surface area contributed by atoms with E-state index in [0.29, 0.717) is 5.01 Å². The summed E-state index contributed by atoms with van der Waals surface area (Å²) in [5.74, 6) is -5.97. The van der Waals surface area contributed by atoms with Gasteiger partial charge in [-0.1, -0.05) is 0 Å². The van der Waals surface area contributed by atoms with Crippen LogP contribution in [0.2, 0.25) is 0 Å². The molecule has 0 aromatic heterocycles. The van der Waals surface area contributed by atoms with Crippen molar-refractivity contribution in [2.45, 2.75) is 79.1 Å². The van der Waals surface area contributed by atoms with Crippen LogP contribution in [0.1, 0.15) is 48.5 Å². The number of nitrogens with zero attached hydrogens (tertiary/aromatic N) is 2. The Kier molecular flexibility index (Phi) is 11.6. The molecular weight excluding hydrogens is 500 g/mol. The number of esters is 4. The molecule has 0 bridgehead atoms. The number of nitrogens with one attached hydrogen (secondary N) is 2. The Morgan fingerprint density at radius 2 is 1.16 bits per heavy atom. The van der Waals surface area contributed by atoms with E-state index in [-0.39, 0.29) is 0 Å². The number of hydrogen-bond acceptors (Lipinski definition) is 13. The van der Waals surface area contributed by atoms with Crippen LogP contribution in [0.3, 0.4) is 0 Å². The molecule has 1 fully saturated rings. The standard InChI is InChI=1S/C21H30N4O12/c1-9(26)22-21(23-10(2)27)24-25(11(3)28)20-19(36-15(7)32)18(35-14(6)31)17(34-13(5)30)16(37-20)8-33-12(4)29/h16-20H,8H2,1-7H3,(H2,22,23,24,26,27)/t16-,17-,18+,19-,20-/m1/s1. The highest BCUT2D eigenvalue weighted by atomic mass is 16.7. The molecule has 0 saturated carbocycles. The van der Waals surface area contributed by atoms with Crippen LogP contribution in [0.4, 0.5) is 0 Å². The summed E-state index contributed by atoms with van der Waals surface area (Å²) in [7, 11) is 0. The molecular formula is C21H30N4O12. The predicted molar refractivity (Wildman–Crippen MR) is 120 cm³/mol. The van der Waals surface area contributed by atoms with Crippen molar-refractivity contribution in [1.29, 1.82) is 0 Å². The quantitative estimate of drug-likeness (QED) is 0.126. The summed E-state index contributed by atoms with van der Waals surface area (Å²) in [6.07, 6.45) is -7.69. The second-order valence-electron chi connectivity index (χ2n) is 7.76. The van der Waals surface area contributed by atoms with Crippen molar-refractivity contribution >= 4 is 47.6 Å². The maximum atomic E-state index is 12.6. The van der Waals surface area contributed by atoms with Crippen molar-refractivity contribution in [1.82, 2.24) is 15.6 Å². The zero-order chi connectivity index (χ0) is 28.4. The van der Waals surface area contributed by atoms with E-state index in [1.807, 2.05) is 0 Å². The monoisotopic (exact) mass is 530 g/mol. The number of ether oxygens (including phenoxy) is 5. The number of guanidine groups is 1. The van der Waals surface area contributed by atoms with Gasteiger partial charge in [0, 0.05) is 48.5 Å². The first-order valence-electron chi connectivity index (χ1n) is 10.9. The zero-order valence-corrected chi connectivity index (χ0v) is 21.4. The molecule has 1 rings (SSSR count). The lowest BCUT2D eigenvalue weighted by Crippen LogP contribution is -2.66. The van der Waals surface area contributed by atoms with Crippen LogP contribution in [0.15, 0.2) is 5.10 Å². The average Bonchev–Trinajstić information content (AvgIpc) is 2.71. The van der Waals surface area contributed by atoms with Gasteiger partial charge >= 0.3 is 23.9 Å². The third-order valence-electron chi connectivity index (χ3n) is 4.33. The average molecular weight is 530 g/mol. The molecule has 37 heavy (non-hydrogen) atoms. The van der Waals surface area contributed by atoms with Crippen LogP contribution >= 0.6 is 0 Å². The molecule has 0 spiro atoms. The molecule has 0 aliphatic carbocycles. The van der Waals surface area contributed by atoms with Crippen molar-refractivity contribution < 1.29 is 57.2 Å². The van der Waals surface area contributed by atoms with E-state index >= 15 is 0 Å². The molecule has 5 atom stereocenters. The lowest BCUT2D eigenvalue weighted by Gasteiger charge is -2.46. The fourth-order valence-electron chi connectivity index (χ4n) is 3.23. The van der Waals surface area contributed by atoms with Crippen molar-refractivity contribution in [2.24, 2.45) is 5.10 Å². The lowest BCUT2D eigenvalue weighted by molar-refractivity contribution is -0.276. The minimum atomic E-state index is -1.68. The van der Waals surface area contributed by atoms with Gasteiger partial charge in [-0.3, -0.25) is 44.2 Å². The first-order chi connectivity index (χ1) is 17.1. The van der Waals surface area contributed by atoms with Crippen LogP contribution in [0.5, 0.6) is 0 Å². The van der Waals surface area contributed by atoms with Gasteiger partial charge in [-0.2, -0.15) is 5.01 Å². The molecule has 1 saturated heterocycles. The summed E-state index contributed by atoms with van der Waals surface area (Å²) in [5, 5.41) is 8.98. The van der Waals surface area contributed by atoms with E-state index < -0.39 is 84.8 Å². The van der Waals surface area contributed by atoms with Gasteiger partial charge < -0.3 is 23.7 Å². The van der Waals surface area contributed by atoms with Gasteiger partial charge in [0.1, 0.15) is 12.7 Å². The van der Waals surface area contributed by atoms with Gasteiger partial charge in [0.15, 0.2) is 24.5 Å². The Labute approximate surface area is 211 Å². The molecule has 206 valence electrons. The summed E-state index contributed by atoms with van der Waals surface area (Å²) >= 11 is 0. The Morgan fingerprint density at radius 3 is 1.57 bits per heavy atom. The highest BCUT2D eigenvalue weighted by molar-refractivity contribution is 6.03. The highest BCUT2D eigenvalue weighted by Gasteiger charge is 2.54. The van der Waals surface area contributed by atoms with Crippen molar-refractivity contribution in [2.75, 3.05) is 6.61 Å². The Morgan fingerprint density at radius 1 is 0.703 bits per heavy atom. The summed E-state index contributed by atoms with van der Waals surface area (Å²) in [6, 6.07) is 0. The molecule has 0 radical (unpaired) electrons. The number of hydrazone groups is 1. The molecule has 16 heteroatoms. The van der Waals surface area contributed by atoms with Crippen LogP contribution in [0.25, 0.3) is 0 Å². The maximum Gasteiger partial charge on any atom is 0.303 e. The number of carbonyl (C=O) groups excluding carboxylic acids is 7. The minimum absolute atomic E-state index is 0.483. The first-order valence-corrected chi connectivity index (χ1v) is 10.9. The van der Waals surface area contributed by atoms with E-state index in [1.165, 1.54) is 0 Å². The molecule has 0 aromatic carbocycles. The molecule has 0 unspecified atom stereocenters. The molecule has 1 aliphatic heterocycles. The SMILES string of the molecule is CC(=O)NC(=NN(C(C)=O)[C@@H]1O[C@H](COC(C)=O)[C@@H](OC(C)=O)[C@H](OC(C)=O)[C@H]1OC(C)=O)NC(C)=O. The third-order valence-corrected chi connectivity index (χ3v) is 4.33. The van der Waals surface area contributed by atoms with Crippen LogP contribution in [-0.4, -0.2) is 89.8 Å². The fraction of sp³-hybridized carbons (Fsp3) is 0.619. The summed E-state index contributed by atoms with van der Waals surface area (Å²) < 4.78 is 26.7. The second-order valence-corrected chi connectivity index (χ2v) is 7.76.